The Labute approximate surface area is 227 Å². The lowest BCUT2D eigenvalue weighted by Crippen LogP contribution is -2.37. The summed E-state index contributed by atoms with van der Waals surface area (Å²) in [6, 6.07) is 10.2. The van der Waals surface area contributed by atoms with Gasteiger partial charge in [-0.2, -0.15) is 13.2 Å². The SMILES string of the molecule is O=C(N[C@H]1CCN(CCc2ccc(O[C@H]3CCNC3)c(F)c2)C1)c1ccc(Cl)c(Cl)c1.O=C(O)C(F)(F)F. The summed E-state index contributed by atoms with van der Waals surface area (Å²) in [6.45, 7) is 4.15. The minimum absolute atomic E-state index is 0.0426. The Morgan fingerprint density at radius 3 is 2.47 bits per heavy atom. The molecule has 208 valence electrons. The molecule has 2 aromatic rings. The van der Waals surface area contributed by atoms with E-state index < -0.39 is 12.1 Å². The lowest BCUT2D eigenvalue weighted by Gasteiger charge is -2.17. The van der Waals surface area contributed by atoms with Crippen molar-refractivity contribution in [1.82, 2.24) is 15.5 Å². The van der Waals surface area contributed by atoms with Crippen molar-refractivity contribution in [2.75, 3.05) is 32.7 Å². The first kappa shape index (κ1) is 29.9. The van der Waals surface area contributed by atoms with Gasteiger partial charge in [0.25, 0.3) is 5.91 Å². The van der Waals surface area contributed by atoms with Crippen molar-refractivity contribution in [1.29, 1.82) is 0 Å². The summed E-state index contributed by atoms with van der Waals surface area (Å²) in [5.41, 5.74) is 1.44. The van der Waals surface area contributed by atoms with Gasteiger partial charge in [0.2, 0.25) is 0 Å². The first-order chi connectivity index (χ1) is 17.9. The summed E-state index contributed by atoms with van der Waals surface area (Å²) < 4.78 is 51.9. The number of nitrogens with one attached hydrogen (secondary N) is 2. The standard InChI is InChI=1S/C23H26Cl2FN3O2.C2HF3O2/c24-19-3-2-16(12-20(19)25)23(30)28-17-7-10-29(14-17)9-6-15-1-4-22(21(26)11-15)31-18-5-8-27-13-18;3-2(4,5)1(6)7/h1-4,11-12,17-18,27H,5-10,13-14H2,(H,28,30);(H,6,7)/t17-,18-;/m0./s1. The summed E-state index contributed by atoms with van der Waals surface area (Å²) >= 11 is 11.9. The first-order valence-corrected chi connectivity index (χ1v) is 12.6. The van der Waals surface area contributed by atoms with Crippen LogP contribution in [0, 0.1) is 5.82 Å². The zero-order valence-corrected chi connectivity index (χ0v) is 21.7. The number of halogens is 6. The number of carboxylic acid groups (broad SMARTS) is 1. The van der Waals surface area contributed by atoms with E-state index in [4.69, 9.17) is 37.8 Å². The third kappa shape index (κ3) is 9.00. The third-order valence-electron chi connectivity index (χ3n) is 6.05. The molecule has 7 nitrogen and oxygen atoms in total. The second kappa shape index (κ2) is 13.5. The summed E-state index contributed by atoms with van der Waals surface area (Å²) in [5, 5.41) is 14.2. The van der Waals surface area contributed by atoms with Crippen molar-refractivity contribution in [3.63, 3.8) is 0 Å². The maximum absolute atomic E-state index is 14.4. The van der Waals surface area contributed by atoms with Crippen LogP contribution in [-0.2, 0) is 11.2 Å². The number of benzene rings is 2. The van der Waals surface area contributed by atoms with Crippen molar-refractivity contribution in [3.05, 3.63) is 63.4 Å². The molecule has 4 rings (SSSR count). The van der Waals surface area contributed by atoms with Crippen molar-refractivity contribution in [3.8, 4) is 5.75 Å². The number of aliphatic carboxylic acids is 1. The minimum Gasteiger partial charge on any atom is -0.486 e. The third-order valence-corrected chi connectivity index (χ3v) is 6.79. The van der Waals surface area contributed by atoms with Crippen molar-refractivity contribution < 1.29 is 37.0 Å². The van der Waals surface area contributed by atoms with Gasteiger partial charge in [-0.25, -0.2) is 9.18 Å². The molecule has 0 saturated carbocycles. The van der Waals surface area contributed by atoms with Gasteiger partial charge in [-0.05, 0) is 61.7 Å². The Hall–Kier alpha value is -2.60. The van der Waals surface area contributed by atoms with Crippen LogP contribution in [0.5, 0.6) is 5.75 Å². The molecule has 2 aromatic carbocycles. The Kier molecular flexibility index (Phi) is 10.6. The van der Waals surface area contributed by atoms with E-state index in [0.29, 0.717) is 21.4 Å². The van der Waals surface area contributed by atoms with E-state index in [9.17, 15) is 22.4 Å². The fourth-order valence-corrected chi connectivity index (χ4v) is 4.35. The molecular weight excluding hydrogens is 553 g/mol. The van der Waals surface area contributed by atoms with Gasteiger partial charge < -0.3 is 25.4 Å². The smallest absolute Gasteiger partial charge is 0.486 e. The van der Waals surface area contributed by atoms with Crippen LogP contribution < -0.4 is 15.4 Å². The quantitative estimate of drug-likeness (QED) is 0.417. The highest BCUT2D eigenvalue weighted by Gasteiger charge is 2.38. The summed E-state index contributed by atoms with van der Waals surface area (Å²) in [6.07, 6.45) is -2.51. The molecule has 0 spiro atoms. The molecule has 2 saturated heterocycles. The lowest BCUT2D eigenvalue weighted by atomic mass is 10.1. The number of ether oxygens (including phenoxy) is 1. The Bertz CT molecular complexity index is 1130. The first-order valence-electron chi connectivity index (χ1n) is 11.9. The van der Waals surface area contributed by atoms with E-state index in [1.165, 1.54) is 0 Å². The molecule has 2 fully saturated rings. The van der Waals surface area contributed by atoms with Gasteiger partial charge in [0.05, 0.1) is 10.0 Å². The van der Waals surface area contributed by atoms with Gasteiger partial charge in [-0.1, -0.05) is 29.3 Å². The lowest BCUT2D eigenvalue weighted by molar-refractivity contribution is -0.192. The zero-order chi connectivity index (χ0) is 27.9. The Morgan fingerprint density at radius 1 is 1.13 bits per heavy atom. The Balaban J connectivity index is 0.000000505. The molecule has 0 unspecified atom stereocenters. The number of hydrogen-bond acceptors (Lipinski definition) is 5. The molecule has 0 aliphatic carbocycles. The van der Waals surface area contributed by atoms with Crippen LogP contribution in [0.4, 0.5) is 17.6 Å². The van der Waals surface area contributed by atoms with Gasteiger partial charge in [-0.15, -0.1) is 0 Å². The topological polar surface area (TPSA) is 90.9 Å². The van der Waals surface area contributed by atoms with E-state index in [2.05, 4.69) is 15.5 Å². The van der Waals surface area contributed by atoms with E-state index in [0.717, 1.165) is 57.5 Å². The molecule has 2 atom stereocenters. The Morgan fingerprint density at radius 2 is 1.87 bits per heavy atom. The molecule has 13 heteroatoms. The van der Waals surface area contributed by atoms with Gasteiger partial charge in [0.1, 0.15) is 6.10 Å². The highest BCUT2D eigenvalue weighted by atomic mass is 35.5. The van der Waals surface area contributed by atoms with Gasteiger partial charge >= 0.3 is 12.1 Å². The second-order valence-corrected chi connectivity index (χ2v) is 9.75. The number of hydrogen-bond donors (Lipinski definition) is 3. The van der Waals surface area contributed by atoms with Crippen molar-refractivity contribution in [2.45, 2.75) is 37.6 Å². The van der Waals surface area contributed by atoms with Gasteiger partial charge in [0, 0.05) is 37.8 Å². The zero-order valence-electron chi connectivity index (χ0n) is 20.2. The molecule has 2 heterocycles. The van der Waals surface area contributed by atoms with E-state index >= 15 is 0 Å². The minimum atomic E-state index is -5.08. The predicted molar refractivity (Wildman–Crippen MR) is 134 cm³/mol. The van der Waals surface area contributed by atoms with Crippen molar-refractivity contribution >= 4 is 35.1 Å². The summed E-state index contributed by atoms with van der Waals surface area (Å²) in [4.78, 5) is 23.6. The van der Waals surface area contributed by atoms with E-state index in [1.54, 1.807) is 30.3 Å². The number of alkyl halides is 3. The number of carboxylic acids is 1. The molecule has 38 heavy (non-hydrogen) atoms. The van der Waals surface area contributed by atoms with Crippen LogP contribution in [0.2, 0.25) is 10.0 Å². The monoisotopic (exact) mass is 579 g/mol. The molecule has 3 N–H and O–H groups in total. The predicted octanol–water partition coefficient (Wildman–Crippen LogP) is 4.55. The number of carbonyl (C=O) groups excluding carboxylic acids is 1. The molecule has 0 radical (unpaired) electrons. The fraction of sp³-hybridized carbons (Fsp3) is 0.440. The molecule has 2 aliphatic rings. The second-order valence-electron chi connectivity index (χ2n) is 8.94. The van der Waals surface area contributed by atoms with Crippen LogP contribution >= 0.6 is 23.2 Å². The normalized spacial score (nSPS) is 19.5. The largest absolute Gasteiger partial charge is 0.490 e. The molecule has 2 aliphatic heterocycles. The van der Waals surface area contributed by atoms with Gasteiger partial charge in [0.15, 0.2) is 11.6 Å². The summed E-state index contributed by atoms with van der Waals surface area (Å²) in [7, 11) is 0. The van der Waals surface area contributed by atoms with Crippen LogP contribution in [-0.4, -0.2) is 72.9 Å². The van der Waals surface area contributed by atoms with Crippen LogP contribution in [0.15, 0.2) is 36.4 Å². The fourth-order valence-electron chi connectivity index (χ4n) is 4.05. The molecule has 0 aromatic heterocycles. The number of amides is 1. The average Bonchev–Trinajstić information content (AvgIpc) is 3.53. The molecule has 0 bridgehead atoms. The van der Waals surface area contributed by atoms with Gasteiger partial charge in [-0.3, -0.25) is 4.79 Å². The highest BCUT2D eigenvalue weighted by Crippen LogP contribution is 2.24. The maximum atomic E-state index is 14.4. The van der Waals surface area contributed by atoms with Crippen LogP contribution in [0.25, 0.3) is 0 Å². The number of rotatable bonds is 7. The number of carbonyl (C=O) groups is 2. The van der Waals surface area contributed by atoms with Crippen LogP contribution in [0.1, 0.15) is 28.8 Å². The molecule has 1 amide bonds. The summed E-state index contributed by atoms with van der Waals surface area (Å²) in [5.74, 6) is -2.89. The number of likely N-dealkylation sites (tertiary alicyclic amines) is 1. The number of nitrogens with zero attached hydrogens (tertiary/aromatic N) is 1. The molecular formula is C25H27Cl2F4N3O4. The van der Waals surface area contributed by atoms with Crippen molar-refractivity contribution in [2.24, 2.45) is 0 Å². The van der Waals surface area contributed by atoms with E-state index in [-0.39, 0.29) is 23.9 Å². The highest BCUT2D eigenvalue weighted by molar-refractivity contribution is 6.42. The maximum Gasteiger partial charge on any atom is 0.490 e. The van der Waals surface area contributed by atoms with E-state index in [1.807, 2.05) is 6.07 Å². The average molecular weight is 580 g/mol. The van der Waals surface area contributed by atoms with Crippen LogP contribution in [0.3, 0.4) is 0 Å².